The van der Waals surface area contributed by atoms with Crippen LogP contribution < -0.4 is 0 Å². The maximum absolute atomic E-state index is 6.47. The number of rotatable bonds is 4. The van der Waals surface area contributed by atoms with E-state index in [-0.39, 0.29) is 0 Å². The first-order valence-electron chi connectivity index (χ1n) is 17.4. The molecule has 0 atom stereocenters. The zero-order valence-electron chi connectivity index (χ0n) is 27.7. The van der Waals surface area contributed by atoms with E-state index in [9.17, 15) is 0 Å². The van der Waals surface area contributed by atoms with Crippen molar-refractivity contribution in [3.63, 3.8) is 0 Å². The molecule has 0 saturated carbocycles. The molecular weight excluding hydrogens is 639 g/mol. The second kappa shape index (κ2) is 11.2. The van der Waals surface area contributed by atoms with Gasteiger partial charge >= 0.3 is 0 Å². The SMILES string of the molecule is c1ccc(-c2nc(-c3ccc4oc5ccc6c(-c7cccc8ccccc78)cccc6c5c4c3)nc(-c3cccc4oc5ccccc5c34)n2)cc1. The smallest absolute Gasteiger partial charge is 0.164 e. The summed E-state index contributed by atoms with van der Waals surface area (Å²) in [5, 5.41) is 8.86. The molecule has 3 heterocycles. The Hall–Kier alpha value is -7.11. The minimum Gasteiger partial charge on any atom is -0.456 e. The first-order valence-corrected chi connectivity index (χ1v) is 17.4. The van der Waals surface area contributed by atoms with Crippen molar-refractivity contribution in [3.05, 3.63) is 164 Å². The van der Waals surface area contributed by atoms with Crippen LogP contribution in [0.3, 0.4) is 0 Å². The normalized spacial score (nSPS) is 11.8. The summed E-state index contributed by atoms with van der Waals surface area (Å²) >= 11 is 0. The fourth-order valence-corrected chi connectivity index (χ4v) is 7.77. The standard InChI is InChI=1S/C47H27N3O2/c1-2-12-29(13-3-1)45-48-46(50-47(49-45)37-20-10-22-41-44(37)36-16-6-7-21-39(36)51-41)30-23-25-40-38(27-30)43-35-19-9-18-33(34(35)24-26-42(43)52-40)32-17-8-14-28-11-4-5-15-31(28)32/h1-27H. The highest BCUT2D eigenvalue weighted by Gasteiger charge is 2.19. The van der Waals surface area contributed by atoms with E-state index in [0.717, 1.165) is 66.0 Å². The van der Waals surface area contributed by atoms with Crippen LogP contribution in [-0.4, -0.2) is 15.0 Å². The number of nitrogens with zero attached hydrogens (tertiary/aromatic N) is 3. The molecule has 0 amide bonds. The summed E-state index contributed by atoms with van der Waals surface area (Å²) < 4.78 is 12.7. The van der Waals surface area contributed by atoms with E-state index >= 15 is 0 Å². The number of benzene rings is 8. The van der Waals surface area contributed by atoms with E-state index < -0.39 is 0 Å². The topological polar surface area (TPSA) is 65.0 Å². The van der Waals surface area contributed by atoms with E-state index in [1.807, 2.05) is 72.8 Å². The van der Waals surface area contributed by atoms with Gasteiger partial charge in [0, 0.05) is 38.2 Å². The van der Waals surface area contributed by atoms with Crippen molar-refractivity contribution in [3.8, 4) is 45.3 Å². The highest BCUT2D eigenvalue weighted by atomic mass is 16.3. The Balaban J connectivity index is 1.14. The van der Waals surface area contributed by atoms with E-state index in [0.29, 0.717) is 17.5 Å². The number of furan rings is 2. The van der Waals surface area contributed by atoms with Crippen molar-refractivity contribution in [1.82, 2.24) is 15.0 Å². The van der Waals surface area contributed by atoms with Crippen LogP contribution in [0.2, 0.25) is 0 Å². The molecule has 52 heavy (non-hydrogen) atoms. The van der Waals surface area contributed by atoms with Crippen LogP contribution in [0.15, 0.2) is 173 Å². The van der Waals surface area contributed by atoms with Gasteiger partial charge in [0.25, 0.3) is 0 Å². The van der Waals surface area contributed by atoms with Gasteiger partial charge in [-0.05, 0) is 69.1 Å². The maximum Gasteiger partial charge on any atom is 0.164 e. The molecule has 0 aliphatic rings. The molecule has 0 aliphatic carbocycles. The Kier molecular flexibility index (Phi) is 6.18. The molecular formula is C47H27N3O2. The molecule has 0 saturated heterocycles. The fraction of sp³-hybridized carbons (Fsp3) is 0. The average molecular weight is 666 g/mol. The molecule has 0 bridgehead atoms. The van der Waals surface area contributed by atoms with Crippen molar-refractivity contribution in [2.75, 3.05) is 0 Å². The molecule has 11 rings (SSSR count). The van der Waals surface area contributed by atoms with Gasteiger partial charge in [0.1, 0.15) is 22.3 Å². The Morgan fingerprint density at radius 1 is 0.308 bits per heavy atom. The molecule has 3 aromatic heterocycles. The lowest BCUT2D eigenvalue weighted by atomic mass is 9.92. The number of fused-ring (bicyclic) bond motifs is 9. The third-order valence-electron chi connectivity index (χ3n) is 10.1. The summed E-state index contributed by atoms with van der Waals surface area (Å²) in [6.07, 6.45) is 0. The lowest BCUT2D eigenvalue weighted by Crippen LogP contribution is -2.00. The largest absolute Gasteiger partial charge is 0.456 e. The van der Waals surface area contributed by atoms with Crippen LogP contribution in [0.25, 0.3) is 111 Å². The minimum absolute atomic E-state index is 0.585. The van der Waals surface area contributed by atoms with Gasteiger partial charge in [-0.15, -0.1) is 0 Å². The molecule has 5 heteroatoms. The van der Waals surface area contributed by atoms with Crippen molar-refractivity contribution in [1.29, 1.82) is 0 Å². The Bertz CT molecular complexity index is 3190. The summed E-state index contributed by atoms with van der Waals surface area (Å²) in [5.41, 5.74) is 8.37. The van der Waals surface area contributed by atoms with Gasteiger partial charge in [-0.25, -0.2) is 15.0 Å². The molecule has 0 N–H and O–H groups in total. The first-order chi connectivity index (χ1) is 25.8. The zero-order valence-corrected chi connectivity index (χ0v) is 27.7. The molecule has 8 aromatic carbocycles. The molecule has 0 unspecified atom stereocenters. The lowest BCUT2D eigenvalue weighted by molar-refractivity contribution is 0.668. The van der Waals surface area contributed by atoms with Gasteiger partial charge in [-0.3, -0.25) is 0 Å². The quantitative estimate of drug-likeness (QED) is 0.187. The molecule has 5 nitrogen and oxygen atoms in total. The fourth-order valence-electron chi connectivity index (χ4n) is 7.77. The molecule has 11 aromatic rings. The Labute approximate surface area is 297 Å². The molecule has 0 aliphatic heterocycles. The predicted octanol–water partition coefficient (Wildman–Crippen LogP) is 12.6. The number of hydrogen-bond donors (Lipinski definition) is 0. The number of hydrogen-bond acceptors (Lipinski definition) is 5. The Morgan fingerprint density at radius 3 is 1.77 bits per heavy atom. The van der Waals surface area contributed by atoms with Gasteiger partial charge in [0.2, 0.25) is 0 Å². The zero-order chi connectivity index (χ0) is 34.2. The van der Waals surface area contributed by atoms with Crippen molar-refractivity contribution in [2.45, 2.75) is 0 Å². The summed E-state index contributed by atoms with van der Waals surface area (Å²) in [4.78, 5) is 15.3. The van der Waals surface area contributed by atoms with Crippen molar-refractivity contribution in [2.24, 2.45) is 0 Å². The summed E-state index contributed by atoms with van der Waals surface area (Å²) in [6.45, 7) is 0. The Morgan fingerprint density at radius 2 is 0.885 bits per heavy atom. The monoisotopic (exact) mass is 665 g/mol. The van der Waals surface area contributed by atoms with Crippen molar-refractivity contribution < 1.29 is 8.83 Å². The van der Waals surface area contributed by atoms with E-state index in [2.05, 4.69) is 91.0 Å². The highest BCUT2D eigenvalue weighted by molar-refractivity contribution is 6.22. The van der Waals surface area contributed by atoms with Gasteiger partial charge in [-0.1, -0.05) is 127 Å². The predicted molar refractivity (Wildman–Crippen MR) is 211 cm³/mol. The maximum atomic E-state index is 6.47. The third kappa shape index (κ3) is 4.39. The molecule has 242 valence electrons. The summed E-state index contributed by atoms with van der Waals surface area (Å²) in [6, 6.07) is 56.3. The van der Waals surface area contributed by atoms with Crippen LogP contribution in [0.1, 0.15) is 0 Å². The van der Waals surface area contributed by atoms with Gasteiger partial charge in [-0.2, -0.15) is 0 Å². The van der Waals surface area contributed by atoms with Crippen LogP contribution in [0, 0.1) is 0 Å². The number of para-hydroxylation sites is 1. The molecule has 0 fully saturated rings. The number of aromatic nitrogens is 3. The van der Waals surface area contributed by atoms with Crippen LogP contribution in [-0.2, 0) is 0 Å². The van der Waals surface area contributed by atoms with E-state index in [4.69, 9.17) is 23.8 Å². The minimum atomic E-state index is 0.585. The summed E-state index contributed by atoms with van der Waals surface area (Å²) in [5.74, 6) is 1.78. The second-order valence-corrected chi connectivity index (χ2v) is 13.1. The van der Waals surface area contributed by atoms with Gasteiger partial charge < -0.3 is 8.83 Å². The van der Waals surface area contributed by atoms with E-state index in [1.165, 1.54) is 27.3 Å². The van der Waals surface area contributed by atoms with Crippen LogP contribution in [0.5, 0.6) is 0 Å². The van der Waals surface area contributed by atoms with Gasteiger partial charge in [0.05, 0.1) is 0 Å². The first kappa shape index (κ1) is 28.7. The summed E-state index contributed by atoms with van der Waals surface area (Å²) in [7, 11) is 0. The average Bonchev–Trinajstić information content (AvgIpc) is 3.79. The molecule has 0 spiro atoms. The van der Waals surface area contributed by atoms with Gasteiger partial charge in [0.15, 0.2) is 17.5 Å². The van der Waals surface area contributed by atoms with Crippen LogP contribution in [0.4, 0.5) is 0 Å². The highest BCUT2D eigenvalue weighted by Crippen LogP contribution is 2.41. The van der Waals surface area contributed by atoms with E-state index in [1.54, 1.807) is 0 Å². The van der Waals surface area contributed by atoms with Crippen LogP contribution >= 0.6 is 0 Å². The third-order valence-corrected chi connectivity index (χ3v) is 10.1. The molecule has 0 radical (unpaired) electrons. The lowest BCUT2D eigenvalue weighted by Gasteiger charge is -2.11. The van der Waals surface area contributed by atoms with Crippen molar-refractivity contribution >= 4 is 65.4 Å². The second-order valence-electron chi connectivity index (χ2n) is 13.1.